The number of ether oxygens (including phenoxy) is 2. The van der Waals surface area contributed by atoms with E-state index in [1.807, 2.05) is 42.6 Å². The number of fused-ring (bicyclic) bond motifs is 1. The summed E-state index contributed by atoms with van der Waals surface area (Å²) >= 11 is 0. The Morgan fingerprint density at radius 1 is 1.12 bits per heavy atom. The quantitative estimate of drug-likeness (QED) is 0.614. The highest BCUT2D eigenvalue weighted by atomic mass is 16.6. The van der Waals surface area contributed by atoms with E-state index in [9.17, 15) is 10.1 Å². The van der Waals surface area contributed by atoms with Crippen molar-refractivity contribution in [1.29, 1.82) is 5.26 Å². The Kier molecular flexibility index (Phi) is 4.23. The highest BCUT2D eigenvalue weighted by Gasteiger charge is 2.70. The van der Waals surface area contributed by atoms with Gasteiger partial charge in [0.25, 0.3) is 0 Å². The molecule has 1 amide bonds. The molecule has 6 rings (SSSR count). The van der Waals surface area contributed by atoms with E-state index >= 15 is 0 Å². The largest absolute Gasteiger partial charge is 0.442 e. The molecule has 3 aromatic rings. The molecule has 3 aliphatic rings. The zero-order valence-corrected chi connectivity index (χ0v) is 17.2. The van der Waals surface area contributed by atoms with Gasteiger partial charge < -0.3 is 9.47 Å². The van der Waals surface area contributed by atoms with Crippen LogP contribution in [0, 0.1) is 23.2 Å². The highest BCUT2D eigenvalue weighted by Crippen LogP contribution is 2.62. The van der Waals surface area contributed by atoms with Gasteiger partial charge in [0.2, 0.25) is 0 Å². The Balaban J connectivity index is 1.16. The molecule has 1 saturated carbocycles. The molecule has 0 radical (unpaired) electrons. The Morgan fingerprint density at radius 2 is 1.91 bits per heavy atom. The van der Waals surface area contributed by atoms with Crippen LogP contribution in [0.1, 0.15) is 5.69 Å². The summed E-state index contributed by atoms with van der Waals surface area (Å²) in [6.07, 6.45) is 4.51. The van der Waals surface area contributed by atoms with Crippen LogP contribution in [0.5, 0.6) is 0 Å². The molecule has 9 heteroatoms. The predicted octanol–water partition coefficient (Wildman–Crippen LogP) is 2.40. The molecule has 160 valence electrons. The van der Waals surface area contributed by atoms with Gasteiger partial charge in [-0.2, -0.15) is 5.26 Å². The standard InChI is InChI=1S/C23H20N6O3/c24-14-23(19-12-31-13-20(19)23)21-6-3-16(9-25-21)15-1-4-17(5-2-15)29-11-18(32-22(29)30)10-28-8-7-26-27-28/h1-9,18-20H,10-13H2/t18-,19?,20?,23?/m0/s1. The van der Waals surface area contributed by atoms with Crippen LogP contribution in [0.25, 0.3) is 11.1 Å². The van der Waals surface area contributed by atoms with Crippen molar-refractivity contribution < 1.29 is 14.3 Å². The van der Waals surface area contributed by atoms with Gasteiger partial charge in [-0.1, -0.05) is 23.4 Å². The first-order valence-corrected chi connectivity index (χ1v) is 10.6. The van der Waals surface area contributed by atoms with Crippen LogP contribution in [0.2, 0.25) is 0 Å². The topological polar surface area (TPSA) is 106 Å². The van der Waals surface area contributed by atoms with Crippen molar-refractivity contribution in [3.63, 3.8) is 0 Å². The lowest BCUT2D eigenvalue weighted by Gasteiger charge is -2.14. The van der Waals surface area contributed by atoms with E-state index in [-0.39, 0.29) is 24.0 Å². The molecule has 3 fully saturated rings. The third kappa shape index (κ3) is 2.87. The second-order valence-corrected chi connectivity index (χ2v) is 8.45. The third-order valence-corrected chi connectivity index (χ3v) is 6.76. The number of rotatable bonds is 5. The van der Waals surface area contributed by atoms with E-state index in [1.54, 1.807) is 22.0 Å². The molecule has 9 nitrogen and oxygen atoms in total. The number of carbonyl (C=O) groups excluding carboxylic acids is 1. The number of benzene rings is 1. The van der Waals surface area contributed by atoms with E-state index in [0.717, 1.165) is 22.5 Å². The zero-order chi connectivity index (χ0) is 21.7. The lowest BCUT2D eigenvalue weighted by atomic mass is 9.96. The number of hydrogen-bond acceptors (Lipinski definition) is 7. The molecule has 2 aromatic heterocycles. The van der Waals surface area contributed by atoms with Crippen molar-refractivity contribution in [2.45, 2.75) is 18.1 Å². The number of pyridine rings is 1. The molecule has 4 heterocycles. The summed E-state index contributed by atoms with van der Waals surface area (Å²) in [4.78, 5) is 18.6. The predicted molar refractivity (Wildman–Crippen MR) is 112 cm³/mol. The second-order valence-electron chi connectivity index (χ2n) is 8.45. The minimum Gasteiger partial charge on any atom is -0.442 e. The van der Waals surface area contributed by atoms with Gasteiger partial charge >= 0.3 is 6.09 Å². The molecule has 3 atom stereocenters. The monoisotopic (exact) mass is 428 g/mol. The van der Waals surface area contributed by atoms with Crippen LogP contribution in [0.4, 0.5) is 10.5 Å². The van der Waals surface area contributed by atoms with Crippen molar-refractivity contribution >= 4 is 11.8 Å². The number of anilines is 1. The van der Waals surface area contributed by atoms with Gasteiger partial charge in [-0.25, -0.2) is 9.48 Å². The normalized spacial score (nSPS) is 28.3. The van der Waals surface area contributed by atoms with E-state index in [4.69, 9.17) is 9.47 Å². The van der Waals surface area contributed by atoms with E-state index < -0.39 is 5.41 Å². The van der Waals surface area contributed by atoms with Crippen LogP contribution in [0.15, 0.2) is 55.0 Å². The molecule has 1 aliphatic carbocycles. The van der Waals surface area contributed by atoms with Crippen LogP contribution in [-0.4, -0.2) is 51.9 Å². The van der Waals surface area contributed by atoms with Gasteiger partial charge in [0, 0.05) is 35.5 Å². The van der Waals surface area contributed by atoms with Crippen LogP contribution in [0.3, 0.4) is 0 Å². The maximum Gasteiger partial charge on any atom is 0.414 e. The third-order valence-electron chi connectivity index (χ3n) is 6.76. The number of nitrogens with zero attached hydrogens (tertiary/aromatic N) is 6. The maximum atomic E-state index is 12.3. The summed E-state index contributed by atoms with van der Waals surface area (Å²) in [6, 6.07) is 14.2. The van der Waals surface area contributed by atoms with Crippen molar-refractivity contribution in [1.82, 2.24) is 20.0 Å². The first-order valence-electron chi connectivity index (χ1n) is 10.6. The number of amides is 1. The molecule has 0 bridgehead atoms. The van der Waals surface area contributed by atoms with Crippen molar-refractivity contribution in [3.8, 4) is 17.2 Å². The first kappa shape index (κ1) is 19.0. The van der Waals surface area contributed by atoms with E-state index in [1.165, 1.54) is 0 Å². The van der Waals surface area contributed by atoms with E-state index in [0.29, 0.717) is 26.3 Å². The fraction of sp³-hybridized carbons (Fsp3) is 0.348. The fourth-order valence-corrected chi connectivity index (χ4v) is 4.97. The van der Waals surface area contributed by atoms with Gasteiger partial charge in [0.1, 0.15) is 11.5 Å². The summed E-state index contributed by atoms with van der Waals surface area (Å²) in [5, 5.41) is 17.4. The van der Waals surface area contributed by atoms with Crippen molar-refractivity contribution in [3.05, 3.63) is 60.7 Å². The van der Waals surface area contributed by atoms with Crippen molar-refractivity contribution in [2.75, 3.05) is 24.7 Å². The maximum absolute atomic E-state index is 12.3. The van der Waals surface area contributed by atoms with Crippen LogP contribution in [-0.2, 0) is 21.4 Å². The summed E-state index contributed by atoms with van der Waals surface area (Å²) in [7, 11) is 0. The van der Waals surface area contributed by atoms with E-state index in [2.05, 4.69) is 21.4 Å². The molecule has 2 unspecified atom stereocenters. The number of hydrogen-bond donors (Lipinski definition) is 0. The van der Waals surface area contributed by atoms with Gasteiger partial charge in [0.15, 0.2) is 0 Å². The van der Waals surface area contributed by atoms with Crippen LogP contribution >= 0.6 is 0 Å². The molecular weight excluding hydrogens is 408 g/mol. The fourth-order valence-electron chi connectivity index (χ4n) is 4.97. The van der Waals surface area contributed by atoms with Crippen molar-refractivity contribution in [2.24, 2.45) is 11.8 Å². The smallest absolute Gasteiger partial charge is 0.414 e. The number of carbonyl (C=O) groups is 1. The minimum absolute atomic E-state index is 0.263. The van der Waals surface area contributed by atoms with Gasteiger partial charge in [-0.15, -0.1) is 5.10 Å². The average molecular weight is 428 g/mol. The Morgan fingerprint density at radius 3 is 2.56 bits per heavy atom. The molecular formula is C23H20N6O3. The zero-order valence-electron chi connectivity index (χ0n) is 17.2. The Hall–Kier alpha value is -3.77. The highest BCUT2D eigenvalue weighted by molar-refractivity contribution is 5.90. The van der Waals surface area contributed by atoms with Crippen LogP contribution < -0.4 is 4.90 Å². The lowest BCUT2D eigenvalue weighted by molar-refractivity contribution is 0.129. The molecule has 1 aromatic carbocycles. The number of aromatic nitrogens is 4. The Labute approximate surface area is 184 Å². The molecule has 32 heavy (non-hydrogen) atoms. The number of cyclic esters (lactones) is 1. The molecule has 2 aliphatic heterocycles. The summed E-state index contributed by atoms with van der Waals surface area (Å²) in [6.45, 7) is 2.20. The SMILES string of the molecule is N#CC1(c2ccc(-c3ccc(N4C[C@H](Cn5ccnn5)OC4=O)cc3)cn2)C2COCC21. The lowest BCUT2D eigenvalue weighted by Crippen LogP contribution is -2.26. The second kappa shape index (κ2) is 7.14. The molecule has 0 spiro atoms. The number of nitriles is 1. The molecule has 2 saturated heterocycles. The average Bonchev–Trinajstić information content (AvgIpc) is 3.35. The Bertz CT molecular complexity index is 1180. The molecule has 0 N–H and O–H groups in total. The van der Waals surface area contributed by atoms with Gasteiger partial charge in [-0.05, 0) is 23.8 Å². The van der Waals surface area contributed by atoms with Gasteiger partial charge in [0.05, 0.1) is 44.3 Å². The summed E-state index contributed by atoms with van der Waals surface area (Å²) < 4.78 is 12.6. The summed E-state index contributed by atoms with van der Waals surface area (Å²) in [5.41, 5.74) is 3.07. The first-order chi connectivity index (χ1) is 15.7. The van der Waals surface area contributed by atoms with Gasteiger partial charge in [-0.3, -0.25) is 9.88 Å². The minimum atomic E-state index is -0.487. The summed E-state index contributed by atoms with van der Waals surface area (Å²) in [5.74, 6) is 0.525.